The van der Waals surface area contributed by atoms with Crippen LogP contribution in [-0.4, -0.2) is 43.5 Å². The molecule has 0 radical (unpaired) electrons. The van der Waals surface area contributed by atoms with Crippen LogP contribution in [0.5, 0.6) is 0 Å². The molecule has 1 aromatic carbocycles. The topological polar surface area (TPSA) is 66.5 Å². The van der Waals surface area contributed by atoms with Crippen molar-refractivity contribution in [2.45, 2.75) is 56.6 Å². The molecule has 1 saturated heterocycles. The van der Waals surface area contributed by atoms with Gasteiger partial charge in [0.2, 0.25) is 15.9 Å². The second-order valence-corrected chi connectivity index (χ2v) is 10.8. The van der Waals surface area contributed by atoms with Crippen LogP contribution in [0.15, 0.2) is 30.3 Å². The Labute approximate surface area is 162 Å². The molecule has 0 bridgehead atoms. The molecular weight excluding hydrogens is 360 g/mol. The van der Waals surface area contributed by atoms with Crippen LogP contribution in [-0.2, 0) is 21.2 Å². The third-order valence-corrected chi connectivity index (χ3v) is 8.96. The molecular formula is C21H30N2O3S. The van der Waals surface area contributed by atoms with Crippen LogP contribution in [0.3, 0.4) is 0 Å². The van der Waals surface area contributed by atoms with Crippen LogP contribution in [0.1, 0.15) is 50.5 Å². The molecule has 2 aliphatic carbocycles. The molecule has 1 unspecified atom stereocenters. The standard InChI is InChI=1S/C21H30N2O3S/c24-20(22-14-11-17-7-3-1-4-8-17)19-15-23(27(25,26)18-9-10-18)16-21(19)12-5-2-6-13-21/h1,3-4,7-8,18-19H,2,5-6,9-16H2,(H,22,24). The first-order chi connectivity index (χ1) is 13.0. The van der Waals surface area contributed by atoms with Gasteiger partial charge in [0.1, 0.15) is 0 Å². The smallest absolute Gasteiger partial charge is 0.225 e. The Kier molecular flexibility index (Phi) is 5.30. The van der Waals surface area contributed by atoms with Crippen molar-refractivity contribution in [3.63, 3.8) is 0 Å². The molecule has 1 heterocycles. The lowest BCUT2D eigenvalue weighted by atomic mass is 9.67. The second kappa shape index (κ2) is 7.55. The van der Waals surface area contributed by atoms with E-state index in [4.69, 9.17) is 0 Å². The summed E-state index contributed by atoms with van der Waals surface area (Å²) < 4.78 is 27.2. The highest BCUT2D eigenvalue weighted by Gasteiger charge is 2.54. The van der Waals surface area contributed by atoms with Gasteiger partial charge in [0.25, 0.3) is 0 Å². The monoisotopic (exact) mass is 390 g/mol. The van der Waals surface area contributed by atoms with Gasteiger partial charge in [-0.05, 0) is 43.1 Å². The molecule has 3 aliphatic rings. The molecule has 1 aromatic rings. The van der Waals surface area contributed by atoms with Crippen molar-refractivity contribution >= 4 is 15.9 Å². The molecule has 1 N–H and O–H groups in total. The number of hydrogen-bond donors (Lipinski definition) is 1. The van der Waals surface area contributed by atoms with Crippen LogP contribution in [0.25, 0.3) is 0 Å². The van der Waals surface area contributed by atoms with Crippen molar-refractivity contribution in [3.05, 3.63) is 35.9 Å². The highest BCUT2D eigenvalue weighted by molar-refractivity contribution is 7.90. The highest BCUT2D eigenvalue weighted by Crippen LogP contribution is 2.49. The molecule has 0 aromatic heterocycles. The summed E-state index contributed by atoms with van der Waals surface area (Å²) in [5, 5.41) is 2.90. The largest absolute Gasteiger partial charge is 0.355 e. The zero-order valence-corrected chi connectivity index (χ0v) is 16.7. The van der Waals surface area contributed by atoms with Gasteiger partial charge in [0.05, 0.1) is 11.2 Å². The Hall–Kier alpha value is -1.40. The Bertz CT molecular complexity index is 768. The first-order valence-corrected chi connectivity index (χ1v) is 11.8. The van der Waals surface area contributed by atoms with Crippen molar-refractivity contribution in [2.75, 3.05) is 19.6 Å². The molecule has 1 aliphatic heterocycles. The lowest BCUT2D eigenvalue weighted by Crippen LogP contribution is -2.43. The number of rotatable bonds is 6. The van der Waals surface area contributed by atoms with E-state index in [1.54, 1.807) is 4.31 Å². The van der Waals surface area contributed by atoms with E-state index in [0.29, 0.717) is 19.6 Å². The van der Waals surface area contributed by atoms with E-state index >= 15 is 0 Å². The number of hydrogen-bond acceptors (Lipinski definition) is 3. The zero-order valence-electron chi connectivity index (χ0n) is 15.9. The first kappa shape index (κ1) is 18.9. The summed E-state index contributed by atoms with van der Waals surface area (Å²) in [4.78, 5) is 13.0. The van der Waals surface area contributed by atoms with Crippen LogP contribution in [0.4, 0.5) is 0 Å². The summed E-state index contributed by atoms with van der Waals surface area (Å²) in [6.07, 6.45) is 7.70. The third-order valence-electron chi connectivity index (χ3n) is 6.64. The normalized spacial score (nSPS) is 25.6. The van der Waals surface area contributed by atoms with Gasteiger partial charge in [0, 0.05) is 19.6 Å². The molecule has 4 rings (SSSR count). The molecule has 3 fully saturated rings. The van der Waals surface area contributed by atoms with E-state index < -0.39 is 10.0 Å². The van der Waals surface area contributed by atoms with Crippen molar-refractivity contribution in [2.24, 2.45) is 11.3 Å². The predicted molar refractivity (Wildman–Crippen MR) is 106 cm³/mol. The predicted octanol–water partition coefficient (Wildman–Crippen LogP) is 2.72. The van der Waals surface area contributed by atoms with Crippen LogP contribution in [0.2, 0.25) is 0 Å². The number of sulfonamides is 1. The molecule has 5 nitrogen and oxygen atoms in total. The van der Waals surface area contributed by atoms with Gasteiger partial charge in [-0.1, -0.05) is 49.6 Å². The number of nitrogens with one attached hydrogen (secondary N) is 1. The molecule has 1 spiro atoms. The Morgan fingerprint density at radius 1 is 1.11 bits per heavy atom. The van der Waals surface area contributed by atoms with Crippen LogP contribution >= 0.6 is 0 Å². The summed E-state index contributed by atoms with van der Waals surface area (Å²) in [6, 6.07) is 10.1. The third kappa shape index (κ3) is 3.92. The lowest BCUT2D eigenvalue weighted by Gasteiger charge is -2.37. The first-order valence-electron chi connectivity index (χ1n) is 10.3. The Morgan fingerprint density at radius 3 is 2.48 bits per heavy atom. The molecule has 2 saturated carbocycles. The summed E-state index contributed by atoms with van der Waals surface area (Å²) in [6.45, 7) is 1.52. The fourth-order valence-electron chi connectivity index (χ4n) is 4.92. The minimum Gasteiger partial charge on any atom is -0.355 e. The van der Waals surface area contributed by atoms with E-state index in [1.165, 1.54) is 12.0 Å². The van der Waals surface area contributed by atoms with Gasteiger partial charge in [-0.2, -0.15) is 0 Å². The maximum Gasteiger partial charge on any atom is 0.225 e. The summed E-state index contributed by atoms with van der Waals surface area (Å²) in [7, 11) is -3.22. The lowest BCUT2D eigenvalue weighted by molar-refractivity contribution is -0.128. The number of amides is 1. The number of benzene rings is 1. The van der Waals surface area contributed by atoms with Gasteiger partial charge in [-0.15, -0.1) is 0 Å². The highest BCUT2D eigenvalue weighted by atomic mass is 32.2. The van der Waals surface area contributed by atoms with Crippen molar-refractivity contribution in [1.82, 2.24) is 9.62 Å². The Morgan fingerprint density at radius 2 is 1.81 bits per heavy atom. The van der Waals surface area contributed by atoms with E-state index in [2.05, 4.69) is 17.4 Å². The maximum absolute atomic E-state index is 13.0. The average molecular weight is 391 g/mol. The Balaban J connectivity index is 1.44. The fraction of sp³-hybridized carbons (Fsp3) is 0.667. The van der Waals surface area contributed by atoms with E-state index in [9.17, 15) is 13.2 Å². The van der Waals surface area contributed by atoms with Crippen molar-refractivity contribution in [3.8, 4) is 0 Å². The summed E-state index contributed by atoms with van der Waals surface area (Å²) in [5.74, 6) is -0.163. The van der Waals surface area contributed by atoms with Gasteiger partial charge in [-0.3, -0.25) is 4.79 Å². The number of carbonyl (C=O) groups excluding carboxylic acids is 1. The fourth-order valence-corrected chi connectivity index (χ4v) is 6.86. The molecule has 148 valence electrons. The number of nitrogens with zero attached hydrogens (tertiary/aromatic N) is 1. The quantitative estimate of drug-likeness (QED) is 0.812. The van der Waals surface area contributed by atoms with E-state index in [1.807, 2.05) is 18.2 Å². The van der Waals surface area contributed by atoms with Crippen molar-refractivity contribution in [1.29, 1.82) is 0 Å². The minimum absolute atomic E-state index is 0.0429. The molecule has 27 heavy (non-hydrogen) atoms. The summed E-state index contributed by atoms with van der Waals surface area (Å²) >= 11 is 0. The second-order valence-electron chi connectivity index (χ2n) is 8.54. The zero-order chi connectivity index (χ0) is 18.9. The van der Waals surface area contributed by atoms with Crippen molar-refractivity contribution < 1.29 is 13.2 Å². The summed E-state index contributed by atoms with van der Waals surface area (Å²) in [5.41, 5.74) is 1.05. The average Bonchev–Trinajstić information content (AvgIpc) is 3.47. The van der Waals surface area contributed by atoms with Gasteiger partial charge in [0.15, 0.2) is 0 Å². The van der Waals surface area contributed by atoms with E-state index in [-0.39, 0.29) is 22.5 Å². The molecule has 1 atom stereocenters. The SMILES string of the molecule is O=C(NCCc1ccccc1)C1CN(S(=O)(=O)C2CC2)CC12CCCCC2. The number of carbonyl (C=O) groups is 1. The van der Waals surface area contributed by atoms with Gasteiger partial charge >= 0.3 is 0 Å². The van der Waals surface area contributed by atoms with Crippen LogP contribution < -0.4 is 5.32 Å². The van der Waals surface area contributed by atoms with Gasteiger partial charge < -0.3 is 5.32 Å². The molecule has 1 amide bonds. The maximum atomic E-state index is 13.0. The van der Waals surface area contributed by atoms with Crippen LogP contribution in [0, 0.1) is 11.3 Å². The molecule has 6 heteroatoms. The van der Waals surface area contributed by atoms with E-state index in [0.717, 1.165) is 44.9 Å². The minimum atomic E-state index is -3.22. The van der Waals surface area contributed by atoms with Gasteiger partial charge in [-0.25, -0.2) is 12.7 Å².